The minimum absolute atomic E-state index is 0.0337. The number of aromatic amines is 1. The van der Waals surface area contributed by atoms with Gasteiger partial charge in [0, 0.05) is 57.0 Å². The van der Waals surface area contributed by atoms with E-state index < -0.39 is 30.1 Å². The number of aliphatic hydroxyl groups excluding tert-OH is 1. The van der Waals surface area contributed by atoms with Crippen LogP contribution in [0.15, 0.2) is 67.3 Å². The molecule has 294 valence electrons. The van der Waals surface area contributed by atoms with Gasteiger partial charge in [-0.2, -0.15) is 0 Å². The lowest BCUT2D eigenvalue weighted by atomic mass is 9.83. The molecule has 4 atom stereocenters. The van der Waals surface area contributed by atoms with Crippen molar-refractivity contribution in [3.63, 3.8) is 0 Å². The molecule has 13 nitrogen and oxygen atoms in total. The van der Waals surface area contributed by atoms with E-state index in [0.717, 1.165) is 69.5 Å². The third kappa shape index (κ3) is 15.0. The molecule has 2 aromatic heterocycles. The molecule has 7 N–H and O–H groups in total. The monoisotopic (exact) mass is 745 g/mol. The zero-order valence-corrected chi connectivity index (χ0v) is 31.6. The minimum atomic E-state index is -0.943. The van der Waals surface area contributed by atoms with Crippen LogP contribution < -0.4 is 16.4 Å². The molecule has 1 saturated carbocycles. The van der Waals surface area contributed by atoms with Gasteiger partial charge in [-0.25, -0.2) is 4.98 Å². The number of hydrogen-bond acceptors (Lipinski definition) is 8. The van der Waals surface area contributed by atoms with Crippen LogP contribution in [0.1, 0.15) is 94.5 Å². The summed E-state index contributed by atoms with van der Waals surface area (Å²) in [6, 6.07) is 14.2. The van der Waals surface area contributed by atoms with Gasteiger partial charge in [0.1, 0.15) is 6.04 Å². The van der Waals surface area contributed by atoms with Crippen molar-refractivity contribution >= 4 is 23.7 Å². The lowest BCUT2D eigenvalue weighted by Crippen LogP contribution is -2.55. The van der Waals surface area contributed by atoms with E-state index in [9.17, 15) is 19.5 Å². The van der Waals surface area contributed by atoms with E-state index in [4.69, 9.17) is 15.6 Å². The highest BCUT2D eigenvalue weighted by Crippen LogP contribution is 2.29. The van der Waals surface area contributed by atoms with Crippen molar-refractivity contribution in [1.82, 2.24) is 30.5 Å². The third-order valence-corrected chi connectivity index (χ3v) is 10.4. The van der Waals surface area contributed by atoms with E-state index in [1.807, 2.05) is 48.5 Å². The van der Waals surface area contributed by atoms with E-state index >= 15 is 0 Å². The van der Waals surface area contributed by atoms with Gasteiger partial charge < -0.3 is 36.5 Å². The highest BCUT2D eigenvalue weighted by molar-refractivity contribution is 5.91. The fraction of sp³-hybridized carbons (Fsp3) is 0.561. The number of amides is 3. The third-order valence-electron chi connectivity index (χ3n) is 10.4. The van der Waals surface area contributed by atoms with E-state index in [1.165, 1.54) is 6.42 Å². The van der Waals surface area contributed by atoms with Crippen molar-refractivity contribution in [3.05, 3.63) is 84.2 Å². The first-order chi connectivity index (χ1) is 26.1. The molecule has 1 saturated heterocycles. The number of rotatable bonds is 17. The maximum Gasteiger partial charge on any atom is 0.300 e. The summed E-state index contributed by atoms with van der Waals surface area (Å²) in [6.45, 7) is 2.24. The first-order valence-electron chi connectivity index (χ1n) is 19.5. The number of carbonyl (C=O) groups is 4. The van der Waals surface area contributed by atoms with Gasteiger partial charge in [-0.3, -0.25) is 24.2 Å². The van der Waals surface area contributed by atoms with Gasteiger partial charge in [0.05, 0.1) is 30.1 Å². The van der Waals surface area contributed by atoms with Crippen molar-refractivity contribution in [2.24, 2.45) is 17.6 Å². The molecular formula is C41H59N7O6. The van der Waals surface area contributed by atoms with Gasteiger partial charge in [0.2, 0.25) is 17.7 Å². The van der Waals surface area contributed by atoms with Gasteiger partial charge in [0.25, 0.3) is 5.97 Å². The zero-order chi connectivity index (χ0) is 38.7. The quantitative estimate of drug-likeness (QED) is 0.118. The Hall–Kier alpha value is -4.62. The Morgan fingerprint density at radius 1 is 0.907 bits per heavy atom. The lowest BCUT2D eigenvalue weighted by Gasteiger charge is -2.32. The average molecular weight is 746 g/mol. The first kappa shape index (κ1) is 42.1. The van der Waals surface area contributed by atoms with Crippen LogP contribution >= 0.6 is 0 Å². The van der Waals surface area contributed by atoms with Gasteiger partial charge >= 0.3 is 0 Å². The SMILES string of the molecule is CC(=O)O.NC1CCN(C(=O)C[C@@H](Cc2ccccc2)C(=O)N[C@@H](Cc2c[nH]cn2)C(=O)N[C@@H](CC2CCCCC2)[C@@H](O)CCCc2ccccn2)CC1. The average Bonchev–Trinajstić information content (AvgIpc) is 3.68. The molecule has 3 heterocycles. The normalized spacial score (nSPS) is 17.3. The Morgan fingerprint density at radius 2 is 1.61 bits per heavy atom. The number of nitrogens with two attached hydrogens (primary N) is 1. The standard InChI is InChI=1S/C39H55N7O4.C2H4O2/c40-31-17-20-46(21-18-31)37(48)24-30(22-28-10-3-1-4-11-28)38(49)45-35(25-33-26-41-27-43-33)39(50)44-34(23-29-12-5-2-6-13-29)36(47)16-9-15-32-14-7-8-19-42-32;1-2(3)4/h1,3-4,7-8,10-11,14,19,26-27,29-31,34-36,47H,2,5-6,9,12-13,15-18,20-25,40H2,(H,41,43)(H,44,50)(H,45,49);1H3,(H,3,4)/t30-,34+,35+,36+;/m1./s1. The first-order valence-corrected chi connectivity index (χ1v) is 19.5. The number of H-pyrrole nitrogens is 1. The van der Waals surface area contributed by atoms with Gasteiger partial charge in [-0.15, -0.1) is 0 Å². The number of likely N-dealkylation sites (tertiary alicyclic amines) is 1. The highest BCUT2D eigenvalue weighted by atomic mass is 16.4. The van der Waals surface area contributed by atoms with Crippen molar-refractivity contribution in [3.8, 4) is 0 Å². The molecule has 0 radical (unpaired) electrons. The number of aliphatic hydroxyl groups is 1. The molecule has 1 aliphatic carbocycles. The molecule has 0 bridgehead atoms. The maximum absolute atomic E-state index is 14.2. The molecule has 0 unspecified atom stereocenters. The fourth-order valence-corrected chi connectivity index (χ4v) is 7.37. The zero-order valence-electron chi connectivity index (χ0n) is 31.6. The van der Waals surface area contributed by atoms with Crippen LogP contribution in [0.4, 0.5) is 0 Å². The van der Waals surface area contributed by atoms with Crippen molar-refractivity contribution in [2.45, 2.75) is 121 Å². The number of benzene rings is 1. The topological polar surface area (TPSA) is 204 Å². The molecule has 2 fully saturated rings. The number of carboxylic acid groups (broad SMARTS) is 1. The number of nitrogens with one attached hydrogen (secondary N) is 3. The maximum atomic E-state index is 14.2. The summed E-state index contributed by atoms with van der Waals surface area (Å²) in [7, 11) is 0. The van der Waals surface area contributed by atoms with Gasteiger partial charge in [0.15, 0.2) is 0 Å². The summed E-state index contributed by atoms with van der Waals surface area (Å²) in [4.78, 5) is 64.2. The molecule has 3 amide bonds. The molecular weight excluding hydrogens is 686 g/mol. The van der Waals surface area contributed by atoms with E-state index in [0.29, 0.717) is 44.0 Å². The van der Waals surface area contributed by atoms with Crippen LogP contribution in [0.2, 0.25) is 0 Å². The summed E-state index contributed by atoms with van der Waals surface area (Å²) in [5.41, 5.74) is 8.62. The number of aromatic nitrogens is 3. The van der Waals surface area contributed by atoms with Crippen LogP contribution in [0.25, 0.3) is 0 Å². The summed E-state index contributed by atoms with van der Waals surface area (Å²) >= 11 is 0. The largest absolute Gasteiger partial charge is 0.481 e. The minimum Gasteiger partial charge on any atom is -0.481 e. The number of imidazole rings is 1. The summed E-state index contributed by atoms with van der Waals surface area (Å²) < 4.78 is 0. The van der Waals surface area contributed by atoms with E-state index in [-0.39, 0.29) is 36.6 Å². The summed E-state index contributed by atoms with van der Waals surface area (Å²) in [5, 5.41) is 25.1. The van der Waals surface area contributed by atoms with E-state index in [1.54, 1.807) is 23.6 Å². The van der Waals surface area contributed by atoms with Gasteiger partial charge in [-0.05, 0) is 68.6 Å². The highest BCUT2D eigenvalue weighted by Gasteiger charge is 2.33. The molecule has 13 heteroatoms. The van der Waals surface area contributed by atoms with Gasteiger partial charge in [-0.1, -0.05) is 68.5 Å². The Labute approximate surface area is 318 Å². The molecule has 1 aliphatic heterocycles. The Morgan fingerprint density at radius 3 is 2.26 bits per heavy atom. The van der Waals surface area contributed by atoms with Crippen LogP contribution in [0.5, 0.6) is 0 Å². The Bertz CT molecular complexity index is 1540. The lowest BCUT2D eigenvalue weighted by molar-refractivity contribution is -0.138. The number of carboxylic acids is 1. The van der Waals surface area contributed by atoms with Crippen LogP contribution in [0, 0.1) is 11.8 Å². The second kappa shape index (κ2) is 22.6. The van der Waals surface area contributed by atoms with Crippen molar-refractivity contribution < 1.29 is 29.4 Å². The molecule has 0 spiro atoms. The summed E-state index contributed by atoms with van der Waals surface area (Å²) in [5.74, 6) is -1.88. The van der Waals surface area contributed by atoms with Crippen LogP contribution in [-0.2, 0) is 38.4 Å². The van der Waals surface area contributed by atoms with Crippen molar-refractivity contribution in [1.29, 1.82) is 0 Å². The number of pyridine rings is 1. The Balaban J connectivity index is 0.00000155. The number of carbonyl (C=O) groups excluding carboxylic acids is 3. The van der Waals surface area contributed by atoms with Crippen LogP contribution in [0.3, 0.4) is 0 Å². The molecule has 54 heavy (non-hydrogen) atoms. The number of nitrogens with zero attached hydrogens (tertiary/aromatic N) is 3. The summed E-state index contributed by atoms with van der Waals surface area (Å²) in [6.07, 6.45) is 14.7. The molecule has 5 rings (SSSR count). The molecule has 2 aliphatic rings. The number of hydrogen-bond donors (Lipinski definition) is 6. The van der Waals surface area contributed by atoms with Crippen LogP contribution in [-0.4, -0.2) is 91.1 Å². The number of aryl methyl sites for hydroxylation is 1. The van der Waals surface area contributed by atoms with Crippen molar-refractivity contribution in [2.75, 3.05) is 13.1 Å². The molecule has 1 aromatic carbocycles. The number of piperidine rings is 1. The predicted molar refractivity (Wildman–Crippen MR) is 206 cm³/mol. The Kier molecular flexibility index (Phi) is 17.6. The fourth-order valence-electron chi connectivity index (χ4n) is 7.37. The van der Waals surface area contributed by atoms with E-state index in [2.05, 4.69) is 25.6 Å². The molecule has 3 aromatic rings. The second-order valence-corrected chi connectivity index (χ2v) is 14.8. The number of aliphatic carboxylic acids is 1. The predicted octanol–water partition coefficient (Wildman–Crippen LogP) is 3.96. The second-order valence-electron chi connectivity index (χ2n) is 14.8. The smallest absolute Gasteiger partial charge is 0.300 e.